The Bertz CT molecular complexity index is 432. The molecule has 0 aromatic rings. The van der Waals surface area contributed by atoms with Crippen LogP contribution in [0, 0.1) is 0 Å². The molecule has 0 aromatic heterocycles. The standard InChI is InChI=1S/C18H30F2N2O2/c1-2-3-4-16(23)22-11-5-17(6-12-22)13-15(24-17)14-21-9-7-18(19,20)8-10-21/h15H,2-14H2,1H3/t15-/m0/s1. The number of unbranched alkanes of at least 4 members (excludes halogenated alkanes) is 1. The summed E-state index contributed by atoms with van der Waals surface area (Å²) in [5, 5.41) is 0. The van der Waals surface area contributed by atoms with E-state index in [1.54, 1.807) is 0 Å². The van der Waals surface area contributed by atoms with E-state index in [4.69, 9.17) is 4.74 Å². The van der Waals surface area contributed by atoms with Crippen LogP contribution < -0.4 is 0 Å². The molecule has 1 spiro atoms. The SMILES string of the molecule is CCCCC(=O)N1CCC2(CC1)C[C@@H](CN1CCC(F)(F)CC1)O2. The van der Waals surface area contributed by atoms with Crippen molar-refractivity contribution >= 4 is 5.91 Å². The Balaban J connectivity index is 1.36. The fraction of sp³-hybridized carbons (Fsp3) is 0.944. The van der Waals surface area contributed by atoms with Crippen molar-refractivity contribution in [1.82, 2.24) is 9.80 Å². The van der Waals surface area contributed by atoms with Crippen molar-refractivity contribution in [2.45, 2.75) is 75.9 Å². The third-order valence-corrected chi connectivity index (χ3v) is 5.84. The molecule has 3 rings (SSSR count). The Morgan fingerprint density at radius 2 is 1.75 bits per heavy atom. The van der Waals surface area contributed by atoms with E-state index < -0.39 is 5.92 Å². The van der Waals surface area contributed by atoms with Gasteiger partial charge in [-0.3, -0.25) is 4.79 Å². The molecule has 3 saturated heterocycles. The second-order valence-corrected chi connectivity index (χ2v) is 7.77. The highest BCUT2D eigenvalue weighted by Gasteiger charge is 2.48. The van der Waals surface area contributed by atoms with E-state index in [1.807, 2.05) is 4.90 Å². The molecule has 3 aliphatic heterocycles. The van der Waals surface area contributed by atoms with Gasteiger partial charge in [-0.15, -0.1) is 0 Å². The lowest BCUT2D eigenvalue weighted by Gasteiger charge is -2.53. The lowest BCUT2D eigenvalue weighted by Crippen LogP contribution is -2.60. The highest BCUT2D eigenvalue weighted by atomic mass is 19.3. The van der Waals surface area contributed by atoms with E-state index >= 15 is 0 Å². The third kappa shape index (κ3) is 4.26. The van der Waals surface area contributed by atoms with Gasteiger partial charge >= 0.3 is 0 Å². The maximum absolute atomic E-state index is 13.2. The summed E-state index contributed by atoms with van der Waals surface area (Å²) in [4.78, 5) is 16.2. The van der Waals surface area contributed by atoms with Crippen molar-refractivity contribution in [3.05, 3.63) is 0 Å². The molecule has 0 radical (unpaired) electrons. The predicted octanol–water partition coefficient (Wildman–Crippen LogP) is 3.06. The van der Waals surface area contributed by atoms with Crippen LogP contribution in [0.15, 0.2) is 0 Å². The van der Waals surface area contributed by atoms with E-state index in [1.165, 1.54) is 0 Å². The zero-order chi connectivity index (χ0) is 17.2. The maximum atomic E-state index is 13.2. The summed E-state index contributed by atoms with van der Waals surface area (Å²) >= 11 is 0. The van der Waals surface area contributed by atoms with Crippen molar-refractivity contribution in [3.63, 3.8) is 0 Å². The molecule has 0 unspecified atom stereocenters. The number of rotatable bonds is 5. The second kappa shape index (κ2) is 7.24. The topological polar surface area (TPSA) is 32.8 Å². The number of likely N-dealkylation sites (tertiary alicyclic amines) is 2. The molecule has 24 heavy (non-hydrogen) atoms. The van der Waals surface area contributed by atoms with Gasteiger partial charge in [0.15, 0.2) is 0 Å². The quantitative estimate of drug-likeness (QED) is 0.768. The van der Waals surface area contributed by atoms with E-state index in [-0.39, 0.29) is 30.5 Å². The molecule has 0 aromatic carbocycles. The molecular formula is C18H30F2N2O2. The lowest BCUT2D eigenvalue weighted by molar-refractivity contribution is -0.231. The Morgan fingerprint density at radius 3 is 2.33 bits per heavy atom. The van der Waals surface area contributed by atoms with Gasteiger partial charge in [0, 0.05) is 58.4 Å². The molecular weight excluding hydrogens is 314 g/mol. The van der Waals surface area contributed by atoms with Crippen LogP contribution in [0.2, 0.25) is 0 Å². The molecule has 0 aliphatic carbocycles. The first-order valence-corrected chi connectivity index (χ1v) is 9.47. The van der Waals surface area contributed by atoms with Crippen LogP contribution in [0.5, 0.6) is 0 Å². The van der Waals surface area contributed by atoms with Crippen LogP contribution in [0.1, 0.15) is 58.3 Å². The molecule has 138 valence electrons. The number of carbonyl (C=O) groups is 1. The van der Waals surface area contributed by atoms with Crippen molar-refractivity contribution in [2.24, 2.45) is 0 Å². The molecule has 3 heterocycles. The van der Waals surface area contributed by atoms with Gasteiger partial charge < -0.3 is 14.5 Å². The number of piperidine rings is 2. The van der Waals surface area contributed by atoms with Crippen LogP contribution in [0.4, 0.5) is 8.78 Å². The number of hydrogen-bond donors (Lipinski definition) is 0. The van der Waals surface area contributed by atoms with Crippen LogP contribution in [-0.4, -0.2) is 66.1 Å². The van der Waals surface area contributed by atoms with Gasteiger partial charge in [-0.25, -0.2) is 8.78 Å². The Hall–Kier alpha value is -0.750. The number of carbonyl (C=O) groups excluding carboxylic acids is 1. The predicted molar refractivity (Wildman–Crippen MR) is 88.2 cm³/mol. The minimum Gasteiger partial charge on any atom is -0.370 e. The maximum Gasteiger partial charge on any atom is 0.250 e. The summed E-state index contributed by atoms with van der Waals surface area (Å²) in [6.45, 7) is 5.41. The van der Waals surface area contributed by atoms with E-state index in [2.05, 4.69) is 11.8 Å². The minimum absolute atomic E-state index is 0.0281. The summed E-state index contributed by atoms with van der Waals surface area (Å²) in [5.74, 6) is -2.20. The highest BCUT2D eigenvalue weighted by molar-refractivity contribution is 5.76. The van der Waals surface area contributed by atoms with Crippen molar-refractivity contribution in [3.8, 4) is 0 Å². The van der Waals surface area contributed by atoms with Gasteiger partial charge in [-0.1, -0.05) is 13.3 Å². The summed E-state index contributed by atoms with van der Waals surface area (Å²) in [7, 11) is 0. The fourth-order valence-electron chi connectivity index (χ4n) is 4.18. The van der Waals surface area contributed by atoms with Crippen LogP contribution in [0.25, 0.3) is 0 Å². The zero-order valence-corrected chi connectivity index (χ0v) is 14.7. The van der Waals surface area contributed by atoms with Gasteiger partial charge in [0.2, 0.25) is 5.91 Å². The first kappa shape index (κ1) is 18.1. The summed E-state index contributed by atoms with van der Waals surface area (Å²) < 4.78 is 32.5. The largest absolute Gasteiger partial charge is 0.370 e. The molecule has 0 N–H and O–H groups in total. The molecule has 3 fully saturated rings. The Morgan fingerprint density at radius 1 is 1.12 bits per heavy atom. The van der Waals surface area contributed by atoms with Crippen LogP contribution in [-0.2, 0) is 9.53 Å². The lowest BCUT2D eigenvalue weighted by atomic mass is 9.80. The molecule has 6 heteroatoms. The highest BCUT2D eigenvalue weighted by Crippen LogP contribution is 2.42. The fourth-order valence-corrected chi connectivity index (χ4v) is 4.18. The number of amides is 1. The summed E-state index contributed by atoms with van der Waals surface area (Å²) in [5.41, 5.74) is -0.0497. The molecule has 1 amide bonds. The summed E-state index contributed by atoms with van der Waals surface area (Å²) in [6, 6.07) is 0. The third-order valence-electron chi connectivity index (χ3n) is 5.84. The van der Waals surface area contributed by atoms with Crippen molar-refractivity contribution < 1.29 is 18.3 Å². The van der Waals surface area contributed by atoms with Crippen LogP contribution >= 0.6 is 0 Å². The van der Waals surface area contributed by atoms with Crippen molar-refractivity contribution in [2.75, 3.05) is 32.7 Å². The van der Waals surface area contributed by atoms with Crippen molar-refractivity contribution in [1.29, 1.82) is 0 Å². The molecule has 4 nitrogen and oxygen atoms in total. The van der Waals surface area contributed by atoms with E-state index in [0.717, 1.165) is 51.7 Å². The minimum atomic E-state index is -2.48. The monoisotopic (exact) mass is 344 g/mol. The second-order valence-electron chi connectivity index (χ2n) is 7.77. The Kier molecular flexibility index (Phi) is 5.45. The number of alkyl halides is 2. The summed E-state index contributed by atoms with van der Waals surface area (Å²) in [6.07, 6.45) is 5.64. The average Bonchev–Trinajstić information content (AvgIpc) is 2.53. The Labute approximate surface area is 143 Å². The number of hydrogen-bond acceptors (Lipinski definition) is 3. The molecule has 3 aliphatic rings. The van der Waals surface area contributed by atoms with Gasteiger partial charge in [0.25, 0.3) is 5.92 Å². The molecule has 0 saturated carbocycles. The van der Waals surface area contributed by atoms with Crippen LogP contribution in [0.3, 0.4) is 0 Å². The number of ether oxygens (including phenoxy) is 1. The van der Waals surface area contributed by atoms with Gasteiger partial charge in [-0.2, -0.15) is 0 Å². The zero-order valence-electron chi connectivity index (χ0n) is 14.7. The van der Waals surface area contributed by atoms with Gasteiger partial charge in [0.05, 0.1) is 11.7 Å². The number of nitrogens with zero attached hydrogens (tertiary/aromatic N) is 2. The normalized spacial score (nSPS) is 29.5. The molecule has 1 atom stereocenters. The average molecular weight is 344 g/mol. The number of halogens is 2. The van der Waals surface area contributed by atoms with E-state index in [0.29, 0.717) is 19.5 Å². The van der Waals surface area contributed by atoms with Gasteiger partial charge in [-0.05, 0) is 19.3 Å². The smallest absolute Gasteiger partial charge is 0.250 e. The van der Waals surface area contributed by atoms with Gasteiger partial charge in [0.1, 0.15) is 0 Å². The molecule has 0 bridgehead atoms. The first-order chi connectivity index (χ1) is 11.4. The van der Waals surface area contributed by atoms with E-state index in [9.17, 15) is 13.6 Å². The first-order valence-electron chi connectivity index (χ1n) is 9.47.